The Bertz CT molecular complexity index is 194. The zero-order chi connectivity index (χ0) is 11.1. The number of hydrogen-bond acceptors (Lipinski definition) is 2. The third kappa shape index (κ3) is 4.54. The molecule has 1 rings (SSSR count). The molecule has 1 saturated heterocycles. The van der Waals surface area contributed by atoms with Crippen LogP contribution in [0, 0.1) is 0 Å². The molecule has 0 aromatic heterocycles. The van der Waals surface area contributed by atoms with Crippen LogP contribution in [0.15, 0.2) is 12.2 Å². The molecule has 15 heavy (non-hydrogen) atoms. The lowest BCUT2D eigenvalue weighted by atomic mass is 10.2. The van der Waals surface area contributed by atoms with Crippen LogP contribution >= 0.6 is 11.6 Å². The van der Waals surface area contributed by atoms with Gasteiger partial charge in [-0.05, 0) is 33.0 Å². The summed E-state index contributed by atoms with van der Waals surface area (Å²) in [6, 6.07) is 0.768. The maximum Gasteiger partial charge on any atom is 0.0404 e. The summed E-state index contributed by atoms with van der Waals surface area (Å²) in [7, 11) is 2.19. The number of allylic oxidation sites excluding steroid dienone is 1. The average molecular weight is 231 g/mol. The van der Waals surface area contributed by atoms with Crippen LogP contribution < -0.4 is 0 Å². The predicted octanol–water partition coefficient (Wildman–Crippen LogP) is 2.20. The number of halogens is 1. The molecule has 0 spiro atoms. The first-order valence-corrected chi connectivity index (χ1v) is 6.45. The van der Waals surface area contributed by atoms with E-state index in [4.69, 9.17) is 11.6 Å². The quantitative estimate of drug-likeness (QED) is 0.510. The second kappa shape index (κ2) is 7.26. The molecular formula is C12H23ClN2. The van der Waals surface area contributed by atoms with E-state index < -0.39 is 0 Å². The van der Waals surface area contributed by atoms with Gasteiger partial charge in [0.1, 0.15) is 0 Å². The number of likely N-dealkylation sites (N-methyl/N-ethyl adjacent to an activating group) is 2. The maximum atomic E-state index is 5.59. The zero-order valence-electron chi connectivity index (χ0n) is 9.95. The molecule has 0 amide bonds. The largest absolute Gasteiger partial charge is 0.301 e. The Hall–Kier alpha value is -0.0500. The normalized spacial score (nSPS) is 23.3. The molecule has 1 atom stereocenters. The molecule has 0 bridgehead atoms. The Kier molecular flexibility index (Phi) is 6.30. The fourth-order valence-corrected chi connectivity index (χ4v) is 2.40. The van der Waals surface area contributed by atoms with Crippen LogP contribution in [0.3, 0.4) is 0 Å². The molecule has 2 nitrogen and oxygen atoms in total. The van der Waals surface area contributed by atoms with E-state index in [9.17, 15) is 0 Å². The van der Waals surface area contributed by atoms with E-state index in [2.05, 4.69) is 29.8 Å². The van der Waals surface area contributed by atoms with Gasteiger partial charge >= 0.3 is 0 Å². The molecule has 88 valence electrons. The first-order chi connectivity index (χ1) is 7.27. The highest BCUT2D eigenvalue weighted by molar-refractivity contribution is 6.18. The summed E-state index contributed by atoms with van der Waals surface area (Å²) < 4.78 is 0. The Morgan fingerprint density at radius 2 is 2.27 bits per heavy atom. The summed E-state index contributed by atoms with van der Waals surface area (Å²) >= 11 is 5.59. The molecule has 3 heteroatoms. The van der Waals surface area contributed by atoms with Gasteiger partial charge in [-0.3, -0.25) is 4.90 Å². The number of hydrogen-bond donors (Lipinski definition) is 0. The third-order valence-corrected chi connectivity index (χ3v) is 3.28. The molecule has 1 unspecified atom stereocenters. The second-order valence-electron chi connectivity index (χ2n) is 4.27. The molecule has 1 fully saturated rings. The van der Waals surface area contributed by atoms with Crippen molar-refractivity contribution in [3.05, 3.63) is 12.2 Å². The molecule has 1 aliphatic rings. The number of alkyl halides is 1. The van der Waals surface area contributed by atoms with Gasteiger partial charge < -0.3 is 4.90 Å². The van der Waals surface area contributed by atoms with Crippen molar-refractivity contribution in [1.82, 2.24) is 9.80 Å². The lowest BCUT2D eigenvalue weighted by molar-refractivity contribution is 0.207. The SMILES string of the molecule is CCN1CCCC1CN(C)CC=CCCl. The van der Waals surface area contributed by atoms with E-state index >= 15 is 0 Å². The second-order valence-corrected chi connectivity index (χ2v) is 4.58. The van der Waals surface area contributed by atoms with Crippen LogP contribution in [-0.2, 0) is 0 Å². The van der Waals surface area contributed by atoms with Crippen LogP contribution in [0.5, 0.6) is 0 Å². The number of rotatable bonds is 6. The zero-order valence-corrected chi connectivity index (χ0v) is 10.7. The van der Waals surface area contributed by atoms with Crippen LogP contribution in [-0.4, -0.2) is 54.9 Å². The summed E-state index contributed by atoms with van der Waals surface area (Å²) in [6.45, 7) is 6.93. The monoisotopic (exact) mass is 230 g/mol. The molecule has 1 heterocycles. The Morgan fingerprint density at radius 1 is 1.47 bits per heavy atom. The fourth-order valence-electron chi connectivity index (χ4n) is 2.27. The van der Waals surface area contributed by atoms with Crippen molar-refractivity contribution >= 4 is 11.6 Å². The molecule has 0 radical (unpaired) electrons. The van der Waals surface area contributed by atoms with Gasteiger partial charge in [0, 0.05) is 25.0 Å². The minimum Gasteiger partial charge on any atom is -0.301 e. The smallest absolute Gasteiger partial charge is 0.0404 e. The van der Waals surface area contributed by atoms with Crippen molar-refractivity contribution in [2.24, 2.45) is 0 Å². The van der Waals surface area contributed by atoms with E-state index in [1.165, 1.54) is 32.5 Å². The van der Waals surface area contributed by atoms with Gasteiger partial charge in [-0.2, -0.15) is 0 Å². The van der Waals surface area contributed by atoms with Crippen molar-refractivity contribution in [2.75, 3.05) is 39.1 Å². The summed E-state index contributed by atoms with van der Waals surface area (Å²) in [5.74, 6) is 0.623. The lowest BCUT2D eigenvalue weighted by Crippen LogP contribution is -2.38. The topological polar surface area (TPSA) is 6.48 Å². The number of likely N-dealkylation sites (tertiary alicyclic amines) is 1. The first kappa shape index (κ1) is 13.0. The van der Waals surface area contributed by atoms with Gasteiger partial charge in [0.25, 0.3) is 0 Å². The van der Waals surface area contributed by atoms with E-state index in [0.29, 0.717) is 5.88 Å². The third-order valence-electron chi connectivity index (χ3n) is 3.10. The Balaban J connectivity index is 2.24. The number of nitrogens with zero attached hydrogens (tertiary/aromatic N) is 2. The van der Waals surface area contributed by atoms with Crippen LogP contribution in [0.4, 0.5) is 0 Å². The summed E-state index contributed by atoms with van der Waals surface area (Å²) in [6.07, 6.45) is 6.89. The van der Waals surface area contributed by atoms with Gasteiger partial charge in [-0.15, -0.1) is 11.6 Å². The molecule has 0 saturated carbocycles. The fraction of sp³-hybridized carbons (Fsp3) is 0.833. The standard InChI is InChI=1S/C12H23ClN2/c1-3-15-10-6-7-12(15)11-14(2)9-5-4-8-13/h4-5,12H,3,6-11H2,1-2H3. The van der Waals surface area contributed by atoms with Gasteiger partial charge in [0.15, 0.2) is 0 Å². The lowest BCUT2D eigenvalue weighted by Gasteiger charge is -2.27. The molecule has 0 aromatic rings. The first-order valence-electron chi connectivity index (χ1n) is 5.91. The van der Waals surface area contributed by atoms with E-state index in [1.54, 1.807) is 0 Å². The summed E-state index contributed by atoms with van der Waals surface area (Å²) in [5.41, 5.74) is 0. The van der Waals surface area contributed by atoms with Crippen LogP contribution in [0.2, 0.25) is 0 Å². The van der Waals surface area contributed by atoms with E-state index in [-0.39, 0.29) is 0 Å². The molecular weight excluding hydrogens is 208 g/mol. The minimum atomic E-state index is 0.623. The van der Waals surface area contributed by atoms with Crippen LogP contribution in [0.25, 0.3) is 0 Å². The van der Waals surface area contributed by atoms with Crippen molar-refractivity contribution in [2.45, 2.75) is 25.8 Å². The van der Waals surface area contributed by atoms with Gasteiger partial charge in [-0.1, -0.05) is 19.1 Å². The molecule has 0 N–H and O–H groups in total. The highest BCUT2D eigenvalue weighted by atomic mass is 35.5. The highest BCUT2D eigenvalue weighted by Gasteiger charge is 2.23. The van der Waals surface area contributed by atoms with Crippen molar-refractivity contribution in [3.8, 4) is 0 Å². The van der Waals surface area contributed by atoms with Gasteiger partial charge in [-0.25, -0.2) is 0 Å². The highest BCUT2D eigenvalue weighted by Crippen LogP contribution is 2.16. The minimum absolute atomic E-state index is 0.623. The molecule has 0 aliphatic carbocycles. The summed E-state index contributed by atoms with van der Waals surface area (Å²) in [4.78, 5) is 4.96. The van der Waals surface area contributed by atoms with Crippen LogP contribution in [0.1, 0.15) is 19.8 Å². The maximum absolute atomic E-state index is 5.59. The van der Waals surface area contributed by atoms with Crippen molar-refractivity contribution < 1.29 is 0 Å². The molecule has 1 aliphatic heterocycles. The molecule has 0 aromatic carbocycles. The predicted molar refractivity (Wildman–Crippen MR) is 67.6 cm³/mol. The van der Waals surface area contributed by atoms with E-state index in [0.717, 1.165) is 12.6 Å². The van der Waals surface area contributed by atoms with Crippen molar-refractivity contribution in [3.63, 3.8) is 0 Å². The van der Waals surface area contributed by atoms with Gasteiger partial charge in [0.2, 0.25) is 0 Å². The average Bonchev–Trinajstić information content (AvgIpc) is 2.65. The Morgan fingerprint density at radius 3 is 2.93 bits per heavy atom. The summed E-state index contributed by atoms with van der Waals surface area (Å²) in [5, 5.41) is 0. The van der Waals surface area contributed by atoms with E-state index in [1.807, 2.05) is 6.08 Å². The Labute approximate surface area is 98.9 Å². The van der Waals surface area contributed by atoms with Crippen molar-refractivity contribution in [1.29, 1.82) is 0 Å². The van der Waals surface area contributed by atoms with Gasteiger partial charge in [0.05, 0.1) is 0 Å².